The number of aryl methyl sites for hydroxylation is 1. The van der Waals surface area contributed by atoms with Gasteiger partial charge in [-0.3, -0.25) is 0 Å². The van der Waals surface area contributed by atoms with Gasteiger partial charge in [-0.15, -0.1) is 0 Å². The van der Waals surface area contributed by atoms with Gasteiger partial charge in [0.15, 0.2) is 0 Å². The van der Waals surface area contributed by atoms with Crippen molar-refractivity contribution in [1.82, 2.24) is 10.2 Å². The predicted molar refractivity (Wildman–Crippen MR) is 124 cm³/mol. The number of likely N-dealkylation sites (tertiary alicyclic amines) is 1. The molecule has 3 aliphatic rings. The van der Waals surface area contributed by atoms with Gasteiger partial charge >= 0.3 is 0 Å². The van der Waals surface area contributed by atoms with Crippen LogP contribution < -0.4 is 5.32 Å². The molecule has 1 aliphatic carbocycles. The minimum absolute atomic E-state index is 0.327. The van der Waals surface area contributed by atoms with Crippen LogP contribution in [0.15, 0.2) is 29.3 Å². The van der Waals surface area contributed by atoms with Gasteiger partial charge in [0.1, 0.15) is 5.84 Å². The molecule has 1 N–H and O–H groups in total. The van der Waals surface area contributed by atoms with Crippen molar-refractivity contribution in [2.45, 2.75) is 84.1 Å². The SMILES string of the molecule is CCCCNC1CCN(C2=NC(c3ccc4c(c3)CCC4(C)C)=CC2CC)CC1. The molecular weight excluding hydrogens is 354 g/mol. The lowest BCUT2D eigenvalue weighted by Gasteiger charge is -2.35. The first kappa shape index (κ1) is 20.7. The number of nitrogens with one attached hydrogen (secondary N) is 1. The van der Waals surface area contributed by atoms with E-state index in [2.05, 4.69) is 62.2 Å². The molecule has 0 amide bonds. The maximum Gasteiger partial charge on any atom is 0.112 e. The van der Waals surface area contributed by atoms with Crippen molar-refractivity contribution in [2.24, 2.45) is 10.9 Å². The molecule has 158 valence electrons. The van der Waals surface area contributed by atoms with Crippen LogP contribution in [0.3, 0.4) is 0 Å². The lowest BCUT2D eigenvalue weighted by atomic mass is 9.86. The van der Waals surface area contributed by atoms with Crippen LogP contribution in [-0.4, -0.2) is 36.4 Å². The quantitative estimate of drug-likeness (QED) is 0.642. The number of fused-ring (bicyclic) bond motifs is 1. The van der Waals surface area contributed by atoms with E-state index in [9.17, 15) is 0 Å². The Morgan fingerprint density at radius 1 is 1.17 bits per heavy atom. The minimum Gasteiger partial charge on any atom is -0.359 e. The van der Waals surface area contributed by atoms with E-state index in [1.54, 1.807) is 0 Å². The van der Waals surface area contributed by atoms with E-state index in [0.717, 1.165) is 19.5 Å². The smallest absolute Gasteiger partial charge is 0.112 e. The summed E-state index contributed by atoms with van der Waals surface area (Å²) in [5, 5.41) is 3.74. The van der Waals surface area contributed by atoms with Gasteiger partial charge in [0, 0.05) is 30.6 Å². The third kappa shape index (κ3) is 4.30. The summed E-state index contributed by atoms with van der Waals surface area (Å²) >= 11 is 0. The normalized spacial score (nSPS) is 23.9. The molecule has 1 unspecified atom stereocenters. The van der Waals surface area contributed by atoms with Crippen molar-refractivity contribution in [3.05, 3.63) is 41.0 Å². The van der Waals surface area contributed by atoms with Gasteiger partial charge in [-0.25, -0.2) is 4.99 Å². The standard InChI is InChI=1S/C26H39N3/c1-5-7-14-27-22-11-15-29(16-12-22)25-19(6-2)18-24(28-25)21-8-9-23-20(17-21)10-13-26(23,3)4/h8-9,17-19,22,27H,5-7,10-16H2,1-4H3. The number of amidine groups is 1. The molecule has 1 saturated heterocycles. The highest BCUT2D eigenvalue weighted by molar-refractivity contribution is 5.96. The van der Waals surface area contributed by atoms with Crippen LogP contribution in [0.5, 0.6) is 0 Å². The highest BCUT2D eigenvalue weighted by atomic mass is 15.2. The fourth-order valence-corrected chi connectivity index (χ4v) is 5.27. The van der Waals surface area contributed by atoms with Gasteiger partial charge in [-0.2, -0.15) is 0 Å². The molecule has 4 rings (SSSR count). The summed E-state index contributed by atoms with van der Waals surface area (Å²) in [5.41, 5.74) is 5.90. The Kier molecular flexibility index (Phi) is 6.15. The monoisotopic (exact) mass is 393 g/mol. The van der Waals surface area contributed by atoms with Gasteiger partial charge in [0.2, 0.25) is 0 Å². The van der Waals surface area contributed by atoms with Crippen LogP contribution in [-0.2, 0) is 11.8 Å². The molecule has 0 bridgehead atoms. The number of hydrogen-bond donors (Lipinski definition) is 1. The second kappa shape index (κ2) is 8.63. The largest absolute Gasteiger partial charge is 0.359 e. The Morgan fingerprint density at radius 3 is 2.69 bits per heavy atom. The molecule has 0 saturated carbocycles. The predicted octanol–water partition coefficient (Wildman–Crippen LogP) is 5.54. The number of nitrogens with zero attached hydrogens (tertiary/aromatic N) is 2. The maximum atomic E-state index is 5.18. The maximum absolute atomic E-state index is 5.18. The lowest BCUT2D eigenvalue weighted by Crippen LogP contribution is -2.46. The first-order valence-corrected chi connectivity index (χ1v) is 11.9. The van der Waals surface area contributed by atoms with Gasteiger partial charge in [-0.1, -0.05) is 46.2 Å². The van der Waals surface area contributed by atoms with Crippen LogP contribution in [0, 0.1) is 5.92 Å². The van der Waals surface area contributed by atoms with Crippen LogP contribution in [0.2, 0.25) is 0 Å². The first-order chi connectivity index (χ1) is 14.0. The summed E-state index contributed by atoms with van der Waals surface area (Å²) < 4.78 is 0. The molecule has 0 radical (unpaired) electrons. The zero-order valence-corrected chi connectivity index (χ0v) is 18.9. The Morgan fingerprint density at radius 2 is 1.97 bits per heavy atom. The molecule has 29 heavy (non-hydrogen) atoms. The van der Waals surface area contributed by atoms with Crippen molar-refractivity contribution >= 4 is 11.5 Å². The van der Waals surface area contributed by atoms with Crippen molar-refractivity contribution in [1.29, 1.82) is 0 Å². The topological polar surface area (TPSA) is 27.6 Å². The van der Waals surface area contributed by atoms with E-state index in [-0.39, 0.29) is 0 Å². The molecule has 1 atom stereocenters. The molecule has 1 aromatic carbocycles. The van der Waals surface area contributed by atoms with Crippen LogP contribution >= 0.6 is 0 Å². The molecule has 1 fully saturated rings. The van der Waals surface area contributed by atoms with Gasteiger partial charge in [-0.05, 0) is 73.8 Å². The molecule has 1 aromatic rings. The van der Waals surface area contributed by atoms with Gasteiger partial charge in [0.25, 0.3) is 0 Å². The van der Waals surface area contributed by atoms with Gasteiger partial charge in [0.05, 0.1) is 5.70 Å². The third-order valence-corrected chi connectivity index (χ3v) is 7.30. The van der Waals surface area contributed by atoms with Crippen molar-refractivity contribution in [2.75, 3.05) is 19.6 Å². The van der Waals surface area contributed by atoms with E-state index >= 15 is 0 Å². The molecule has 2 aliphatic heterocycles. The summed E-state index contributed by atoms with van der Waals surface area (Å²) in [6.07, 6.45) is 11.1. The Bertz CT molecular complexity index is 781. The van der Waals surface area contributed by atoms with Crippen molar-refractivity contribution < 1.29 is 0 Å². The summed E-state index contributed by atoms with van der Waals surface area (Å²) in [7, 11) is 0. The average Bonchev–Trinajstić information content (AvgIpc) is 3.29. The fraction of sp³-hybridized carbons (Fsp3) is 0.654. The third-order valence-electron chi connectivity index (χ3n) is 7.30. The molecule has 0 spiro atoms. The number of piperidine rings is 1. The number of rotatable bonds is 6. The molecule has 3 nitrogen and oxygen atoms in total. The highest BCUT2D eigenvalue weighted by Crippen LogP contribution is 2.40. The van der Waals surface area contributed by atoms with Crippen molar-refractivity contribution in [3.8, 4) is 0 Å². The summed E-state index contributed by atoms with van der Waals surface area (Å²) in [4.78, 5) is 7.74. The van der Waals surface area contributed by atoms with Crippen LogP contribution in [0.1, 0.15) is 82.9 Å². The summed E-state index contributed by atoms with van der Waals surface area (Å²) in [6, 6.07) is 7.77. The first-order valence-electron chi connectivity index (χ1n) is 11.9. The van der Waals surface area contributed by atoms with Crippen LogP contribution in [0.4, 0.5) is 0 Å². The summed E-state index contributed by atoms with van der Waals surface area (Å²) in [6.45, 7) is 12.7. The van der Waals surface area contributed by atoms with E-state index < -0.39 is 0 Å². The van der Waals surface area contributed by atoms with Crippen LogP contribution in [0.25, 0.3) is 5.70 Å². The molecular formula is C26H39N3. The Hall–Kier alpha value is -1.61. The van der Waals surface area contributed by atoms with Gasteiger partial charge < -0.3 is 10.2 Å². The molecule has 0 aromatic heterocycles. The van der Waals surface area contributed by atoms with E-state index in [1.165, 1.54) is 73.3 Å². The molecule has 2 heterocycles. The van der Waals surface area contributed by atoms with Crippen molar-refractivity contribution in [3.63, 3.8) is 0 Å². The lowest BCUT2D eigenvalue weighted by molar-refractivity contribution is 0.275. The second-order valence-electron chi connectivity index (χ2n) is 9.86. The summed E-state index contributed by atoms with van der Waals surface area (Å²) in [5.74, 6) is 1.79. The minimum atomic E-state index is 0.327. The Balaban J connectivity index is 1.45. The number of unbranched alkanes of at least 4 members (excludes halogenated alkanes) is 1. The number of hydrogen-bond acceptors (Lipinski definition) is 3. The number of benzene rings is 1. The average molecular weight is 394 g/mol. The Labute approximate surface area is 177 Å². The fourth-order valence-electron chi connectivity index (χ4n) is 5.27. The van der Waals surface area contributed by atoms with E-state index in [0.29, 0.717) is 17.4 Å². The second-order valence-corrected chi connectivity index (χ2v) is 9.86. The highest BCUT2D eigenvalue weighted by Gasteiger charge is 2.31. The van der Waals surface area contributed by atoms with E-state index in [4.69, 9.17) is 4.99 Å². The van der Waals surface area contributed by atoms with E-state index in [1.807, 2.05) is 0 Å². The zero-order chi connectivity index (χ0) is 20.4. The zero-order valence-electron chi connectivity index (χ0n) is 18.9. The number of aliphatic imine (C=N–C) groups is 1. The molecule has 3 heteroatoms.